The Morgan fingerprint density at radius 2 is 2.31 bits per heavy atom. The van der Waals surface area contributed by atoms with Crippen molar-refractivity contribution in [3.8, 4) is 5.75 Å². The van der Waals surface area contributed by atoms with Crippen LogP contribution in [0.5, 0.6) is 5.75 Å². The fourth-order valence-corrected chi connectivity index (χ4v) is 1.84. The van der Waals surface area contributed by atoms with Crippen LogP contribution in [0, 0.1) is 5.92 Å². The monoisotopic (exact) mass is 177 g/mol. The fourth-order valence-electron chi connectivity index (χ4n) is 1.84. The summed E-state index contributed by atoms with van der Waals surface area (Å²) in [5, 5.41) is 3.41. The number of rotatable bonds is 1. The average molecular weight is 177 g/mol. The molecule has 1 aliphatic heterocycles. The number of hydrogen-bond donors (Lipinski definition) is 1. The highest BCUT2D eigenvalue weighted by atomic mass is 16.5. The van der Waals surface area contributed by atoms with Crippen molar-refractivity contribution in [1.82, 2.24) is 0 Å². The first kappa shape index (κ1) is 8.42. The Balaban J connectivity index is 2.41. The third-order valence-electron chi connectivity index (χ3n) is 2.55. The van der Waals surface area contributed by atoms with Gasteiger partial charge in [-0.1, -0.05) is 13.0 Å². The van der Waals surface area contributed by atoms with Crippen LogP contribution in [-0.4, -0.2) is 13.7 Å². The molecule has 0 amide bonds. The SMILES string of the molecule is COc1cccc2c1CC(C)CN2. The molecule has 1 aromatic rings. The number of fused-ring (bicyclic) bond motifs is 1. The summed E-state index contributed by atoms with van der Waals surface area (Å²) in [4.78, 5) is 0. The molecule has 13 heavy (non-hydrogen) atoms. The van der Waals surface area contributed by atoms with Crippen molar-refractivity contribution in [2.24, 2.45) is 5.92 Å². The quantitative estimate of drug-likeness (QED) is 0.710. The molecule has 2 heteroatoms. The van der Waals surface area contributed by atoms with Gasteiger partial charge in [0.2, 0.25) is 0 Å². The van der Waals surface area contributed by atoms with Crippen LogP contribution in [0.3, 0.4) is 0 Å². The molecule has 0 spiro atoms. The van der Waals surface area contributed by atoms with Crippen LogP contribution in [0.15, 0.2) is 18.2 Å². The van der Waals surface area contributed by atoms with E-state index in [0.29, 0.717) is 5.92 Å². The van der Waals surface area contributed by atoms with E-state index >= 15 is 0 Å². The highest BCUT2D eigenvalue weighted by Crippen LogP contribution is 2.31. The molecule has 0 radical (unpaired) electrons. The van der Waals surface area contributed by atoms with Gasteiger partial charge in [-0.25, -0.2) is 0 Å². The van der Waals surface area contributed by atoms with Crippen molar-refractivity contribution in [2.75, 3.05) is 19.0 Å². The lowest BCUT2D eigenvalue weighted by Gasteiger charge is -2.24. The molecule has 0 bridgehead atoms. The molecule has 0 saturated carbocycles. The summed E-state index contributed by atoms with van der Waals surface area (Å²) >= 11 is 0. The minimum absolute atomic E-state index is 0.698. The van der Waals surface area contributed by atoms with Crippen molar-refractivity contribution in [2.45, 2.75) is 13.3 Å². The normalized spacial score (nSPS) is 20.3. The van der Waals surface area contributed by atoms with Gasteiger partial charge in [-0.3, -0.25) is 0 Å². The molecule has 1 aromatic carbocycles. The molecule has 2 nitrogen and oxygen atoms in total. The molecule has 1 N–H and O–H groups in total. The van der Waals surface area contributed by atoms with E-state index in [1.54, 1.807) is 7.11 Å². The Kier molecular flexibility index (Phi) is 2.13. The van der Waals surface area contributed by atoms with Gasteiger partial charge < -0.3 is 10.1 Å². The van der Waals surface area contributed by atoms with Gasteiger partial charge in [-0.15, -0.1) is 0 Å². The van der Waals surface area contributed by atoms with Crippen LogP contribution < -0.4 is 10.1 Å². The van der Waals surface area contributed by atoms with Crippen LogP contribution in [-0.2, 0) is 6.42 Å². The minimum Gasteiger partial charge on any atom is -0.496 e. The number of anilines is 1. The van der Waals surface area contributed by atoms with Crippen molar-refractivity contribution >= 4 is 5.69 Å². The standard InChI is InChI=1S/C11H15NO/c1-8-6-9-10(12-7-8)4-3-5-11(9)13-2/h3-5,8,12H,6-7H2,1-2H3. The summed E-state index contributed by atoms with van der Waals surface area (Å²) in [7, 11) is 1.73. The Morgan fingerprint density at radius 3 is 3.08 bits per heavy atom. The van der Waals surface area contributed by atoms with E-state index in [4.69, 9.17) is 4.74 Å². The smallest absolute Gasteiger partial charge is 0.124 e. The van der Waals surface area contributed by atoms with Gasteiger partial charge in [0.15, 0.2) is 0 Å². The number of ether oxygens (including phenoxy) is 1. The van der Waals surface area contributed by atoms with Gasteiger partial charge in [0.25, 0.3) is 0 Å². The Bertz CT molecular complexity index is 295. The van der Waals surface area contributed by atoms with E-state index in [9.17, 15) is 0 Å². The van der Waals surface area contributed by atoms with Crippen LogP contribution in [0.2, 0.25) is 0 Å². The van der Waals surface area contributed by atoms with E-state index in [1.165, 1.54) is 11.3 Å². The van der Waals surface area contributed by atoms with Crippen molar-refractivity contribution in [3.63, 3.8) is 0 Å². The Morgan fingerprint density at radius 1 is 1.46 bits per heavy atom. The lowest BCUT2D eigenvalue weighted by molar-refractivity contribution is 0.405. The van der Waals surface area contributed by atoms with Gasteiger partial charge >= 0.3 is 0 Å². The first-order chi connectivity index (χ1) is 6.31. The number of nitrogens with one attached hydrogen (secondary N) is 1. The summed E-state index contributed by atoms with van der Waals surface area (Å²) in [6.45, 7) is 3.32. The second kappa shape index (κ2) is 3.29. The highest BCUT2D eigenvalue weighted by Gasteiger charge is 2.17. The van der Waals surface area contributed by atoms with Crippen molar-refractivity contribution in [1.29, 1.82) is 0 Å². The maximum atomic E-state index is 5.32. The highest BCUT2D eigenvalue weighted by molar-refractivity contribution is 5.59. The Hall–Kier alpha value is -1.18. The van der Waals surface area contributed by atoms with Crippen molar-refractivity contribution in [3.05, 3.63) is 23.8 Å². The maximum absolute atomic E-state index is 5.32. The fraction of sp³-hybridized carbons (Fsp3) is 0.455. The van der Waals surface area contributed by atoms with E-state index in [1.807, 2.05) is 12.1 Å². The van der Waals surface area contributed by atoms with Gasteiger partial charge in [-0.05, 0) is 24.5 Å². The lowest BCUT2D eigenvalue weighted by Crippen LogP contribution is -2.20. The molecule has 0 aliphatic carbocycles. The predicted molar refractivity (Wildman–Crippen MR) is 54.4 cm³/mol. The molecular formula is C11H15NO. The van der Waals surface area contributed by atoms with E-state index in [0.717, 1.165) is 18.7 Å². The number of hydrogen-bond acceptors (Lipinski definition) is 2. The summed E-state index contributed by atoms with van der Waals surface area (Å²) in [5.74, 6) is 1.71. The molecule has 2 rings (SSSR count). The molecule has 0 fully saturated rings. The van der Waals surface area contributed by atoms with Gasteiger partial charge in [0, 0.05) is 17.8 Å². The summed E-state index contributed by atoms with van der Waals surface area (Å²) in [6.07, 6.45) is 1.12. The summed E-state index contributed by atoms with van der Waals surface area (Å²) in [6, 6.07) is 6.17. The van der Waals surface area contributed by atoms with Gasteiger partial charge in [0.1, 0.15) is 5.75 Å². The summed E-state index contributed by atoms with van der Waals surface area (Å²) in [5.41, 5.74) is 2.56. The molecule has 1 atom stereocenters. The maximum Gasteiger partial charge on any atom is 0.124 e. The second-order valence-corrected chi connectivity index (χ2v) is 3.68. The molecule has 0 aromatic heterocycles. The van der Waals surface area contributed by atoms with Crippen LogP contribution in [0.25, 0.3) is 0 Å². The number of benzene rings is 1. The zero-order chi connectivity index (χ0) is 9.26. The lowest BCUT2D eigenvalue weighted by atomic mass is 9.95. The van der Waals surface area contributed by atoms with Crippen LogP contribution in [0.1, 0.15) is 12.5 Å². The molecule has 1 aliphatic rings. The Labute approximate surface area is 78.9 Å². The predicted octanol–water partition coefficient (Wildman–Crippen LogP) is 2.30. The van der Waals surface area contributed by atoms with Crippen molar-refractivity contribution < 1.29 is 4.74 Å². The van der Waals surface area contributed by atoms with Crippen LogP contribution in [0.4, 0.5) is 5.69 Å². The first-order valence-electron chi connectivity index (χ1n) is 4.71. The van der Waals surface area contributed by atoms with E-state index in [2.05, 4.69) is 18.3 Å². The first-order valence-corrected chi connectivity index (χ1v) is 4.71. The third-order valence-corrected chi connectivity index (χ3v) is 2.55. The molecule has 1 unspecified atom stereocenters. The van der Waals surface area contributed by atoms with Crippen LogP contribution >= 0.6 is 0 Å². The molecule has 0 saturated heterocycles. The average Bonchev–Trinajstić information content (AvgIpc) is 2.17. The third kappa shape index (κ3) is 1.48. The molecule has 1 heterocycles. The zero-order valence-corrected chi connectivity index (χ0v) is 8.13. The second-order valence-electron chi connectivity index (χ2n) is 3.68. The largest absolute Gasteiger partial charge is 0.496 e. The number of methoxy groups -OCH3 is 1. The van der Waals surface area contributed by atoms with E-state index < -0.39 is 0 Å². The van der Waals surface area contributed by atoms with Gasteiger partial charge in [-0.2, -0.15) is 0 Å². The summed E-state index contributed by atoms with van der Waals surface area (Å²) < 4.78 is 5.32. The molecule has 70 valence electrons. The zero-order valence-electron chi connectivity index (χ0n) is 8.13. The topological polar surface area (TPSA) is 21.3 Å². The molecular weight excluding hydrogens is 162 g/mol. The minimum atomic E-state index is 0.698. The van der Waals surface area contributed by atoms with Gasteiger partial charge in [0.05, 0.1) is 7.11 Å². The van der Waals surface area contributed by atoms with E-state index in [-0.39, 0.29) is 0 Å².